The van der Waals surface area contributed by atoms with Gasteiger partial charge in [0.25, 0.3) is 0 Å². The molecule has 1 aromatic carbocycles. The van der Waals surface area contributed by atoms with E-state index in [2.05, 4.69) is 46.8 Å². The van der Waals surface area contributed by atoms with Crippen molar-refractivity contribution < 1.29 is 5.11 Å². The third kappa shape index (κ3) is 4.27. The van der Waals surface area contributed by atoms with E-state index in [0.717, 1.165) is 10.6 Å². The number of aliphatic hydroxyl groups is 1. The molecule has 1 fully saturated rings. The molecule has 2 nitrogen and oxygen atoms in total. The van der Waals surface area contributed by atoms with Gasteiger partial charge in [-0.1, -0.05) is 58.4 Å². The van der Waals surface area contributed by atoms with E-state index in [1.165, 1.54) is 12.0 Å². The van der Waals surface area contributed by atoms with Gasteiger partial charge in [0.2, 0.25) is 0 Å². The SMILES string of the molecule is CC(C)[C@@H](CO)C(C)(N)c1ccc([C@@H]2C[C@H]2C(C)(C)C)c(Cl)c1.Cl. The van der Waals surface area contributed by atoms with Crippen LogP contribution >= 0.6 is 24.0 Å². The van der Waals surface area contributed by atoms with Gasteiger partial charge in [0.15, 0.2) is 0 Å². The average molecular weight is 374 g/mol. The molecule has 1 unspecified atom stereocenters. The number of benzene rings is 1. The Morgan fingerprint density at radius 2 is 1.83 bits per heavy atom. The van der Waals surface area contributed by atoms with Crippen molar-refractivity contribution in [3.8, 4) is 0 Å². The van der Waals surface area contributed by atoms with Crippen LogP contribution in [0.1, 0.15) is 65.0 Å². The van der Waals surface area contributed by atoms with Gasteiger partial charge in [-0.3, -0.25) is 0 Å². The van der Waals surface area contributed by atoms with Crippen molar-refractivity contribution in [3.05, 3.63) is 34.3 Å². The molecule has 1 saturated carbocycles. The largest absolute Gasteiger partial charge is 0.396 e. The predicted octanol–water partition coefficient (Wildman–Crippen LogP) is 5.35. The molecule has 1 aliphatic carbocycles. The van der Waals surface area contributed by atoms with Crippen molar-refractivity contribution >= 4 is 24.0 Å². The van der Waals surface area contributed by atoms with E-state index in [4.69, 9.17) is 17.3 Å². The van der Waals surface area contributed by atoms with Gasteiger partial charge in [0.05, 0.1) is 0 Å². The van der Waals surface area contributed by atoms with Gasteiger partial charge >= 0.3 is 0 Å². The van der Waals surface area contributed by atoms with Crippen molar-refractivity contribution in [3.63, 3.8) is 0 Å². The Hall–Kier alpha value is -0.280. The van der Waals surface area contributed by atoms with Gasteiger partial charge in [-0.2, -0.15) is 0 Å². The molecule has 0 heterocycles. The highest BCUT2D eigenvalue weighted by atomic mass is 35.5. The second kappa shape index (κ2) is 7.53. The molecule has 138 valence electrons. The fourth-order valence-electron chi connectivity index (χ4n) is 3.97. The third-order valence-corrected chi connectivity index (χ3v) is 6.02. The van der Waals surface area contributed by atoms with E-state index in [9.17, 15) is 5.11 Å². The molecule has 4 heteroatoms. The molecule has 0 radical (unpaired) electrons. The lowest BCUT2D eigenvalue weighted by atomic mass is 9.75. The molecular formula is C20H33Cl2NO. The number of rotatable bonds is 5. The number of hydrogen-bond acceptors (Lipinski definition) is 2. The molecule has 1 aromatic rings. The van der Waals surface area contributed by atoms with Crippen LogP contribution in [0.15, 0.2) is 18.2 Å². The number of hydrogen-bond donors (Lipinski definition) is 2. The van der Waals surface area contributed by atoms with Crippen LogP contribution in [0.4, 0.5) is 0 Å². The molecule has 3 N–H and O–H groups in total. The maximum absolute atomic E-state index is 9.73. The van der Waals surface area contributed by atoms with Crippen LogP contribution in [0.2, 0.25) is 5.02 Å². The Morgan fingerprint density at radius 3 is 2.21 bits per heavy atom. The Morgan fingerprint density at radius 1 is 1.25 bits per heavy atom. The van der Waals surface area contributed by atoms with E-state index in [-0.39, 0.29) is 24.9 Å². The normalized spacial score (nSPS) is 24.2. The predicted molar refractivity (Wildman–Crippen MR) is 106 cm³/mol. The van der Waals surface area contributed by atoms with Crippen molar-refractivity contribution in [2.24, 2.45) is 28.9 Å². The summed E-state index contributed by atoms with van der Waals surface area (Å²) in [5.41, 5.74) is 8.58. The maximum atomic E-state index is 9.73. The number of aliphatic hydroxyl groups excluding tert-OH is 1. The van der Waals surface area contributed by atoms with Gasteiger partial charge in [0, 0.05) is 23.1 Å². The fourth-order valence-corrected chi connectivity index (χ4v) is 4.29. The van der Waals surface area contributed by atoms with Gasteiger partial charge < -0.3 is 10.8 Å². The summed E-state index contributed by atoms with van der Waals surface area (Å²) in [6, 6.07) is 6.26. The topological polar surface area (TPSA) is 46.2 Å². The quantitative estimate of drug-likeness (QED) is 0.730. The van der Waals surface area contributed by atoms with Crippen LogP contribution in [0.25, 0.3) is 0 Å². The molecule has 0 amide bonds. The molecule has 0 bridgehead atoms. The molecule has 1 aliphatic rings. The van der Waals surface area contributed by atoms with Crippen LogP contribution in [0, 0.1) is 23.2 Å². The smallest absolute Gasteiger partial charge is 0.0482 e. The summed E-state index contributed by atoms with van der Waals surface area (Å²) in [7, 11) is 0. The Balaban J connectivity index is 0.00000288. The molecule has 0 aliphatic heterocycles. The molecular weight excluding hydrogens is 341 g/mol. The lowest BCUT2D eigenvalue weighted by Gasteiger charge is -2.36. The summed E-state index contributed by atoms with van der Waals surface area (Å²) in [6.45, 7) is 13.2. The molecule has 0 saturated heterocycles. The van der Waals surface area contributed by atoms with E-state index in [1.807, 2.05) is 13.0 Å². The molecule has 24 heavy (non-hydrogen) atoms. The monoisotopic (exact) mass is 373 g/mol. The van der Waals surface area contributed by atoms with E-state index in [0.29, 0.717) is 23.2 Å². The Kier molecular flexibility index (Phi) is 6.83. The summed E-state index contributed by atoms with van der Waals surface area (Å²) in [6.07, 6.45) is 1.22. The zero-order chi connectivity index (χ0) is 17.6. The van der Waals surface area contributed by atoms with Crippen LogP contribution in [-0.2, 0) is 5.54 Å². The van der Waals surface area contributed by atoms with E-state index in [1.54, 1.807) is 0 Å². The second-order valence-corrected chi connectivity index (χ2v) is 9.27. The summed E-state index contributed by atoms with van der Waals surface area (Å²) >= 11 is 6.60. The van der Waals surface area contributed by atoms with Crippen LogP contribution in [0.5, 0.6) is 0 Å². The Bertz CT molecular complexity index is 563. The summed E-state index contributed by atoms with van der Waals surface area (Å²) in [5.74, 6) is 1.59. The summed E-state index contributed by atoms with van der Waals surface area (Å²) < 4.78 is 0. The van der Waals surface area contributed by atoms with Gasteiger partial charge in [-0.05, 0) is 53.7 Å². The minimum absolute atomic E-state index is 0. The first-order valence-corrected chi connectivity index (χ1v) is 9.07. The van der Waals surface area contributed by atoms with Crippen LogP contribution in [-0.4, -0.2) is 11.7 Å². The average Bonchev–Trinajstić information content (AvgIpc) is 3.18. The summed E-state index contributed by atoms with van der Waals surface area (Å²) in [4.78, 5) is 0. The lowest BCUT2D eigenvalue weighted by Crippen LogP contribution is -2.45. The van der Waals surface area contributed by atoms with E-state index < -0.39 is 5.54 Å². The fraction of sp³-hybridized carbons (Fsp3) is 0.700. The third-order valence-electron chi connectivity index (χ3n) is 5.70. The minimum Gasteiger partial charge on any atom is -0.396 e. The second-order valence-electron chi connectivity index (χ2n) is 8.87. The van der Waals surface area contributed by atoms with Crippen molar-refractivity contribution in [1.29, 1.82) is 0 Å². The first kappa shape index (κ1) is 21.8. The highest BCUT2D eigenvalue weighted by Gasteiger charge is 2.46. The zero-order valence-electron chi connectivity index (χ0n) is 15.8. The van der Waals surface area contributed by atoms with Crippen LogP contribution < -0.4 is 5.73 Å². The maximum Gasteiger partial charge on any atom is 0.0482 e. The number of nitrogens with two attached hydrogens (primary N) is 1. The molecule has 4 atom stereocenters. The molecule has 2 rings (SSSR count). The van der Waals surface area contributed by atoms with Gasteiger partial charge in [-0.25, -0.2) is 0 Å². The highest BCUT2D eigenvalue weighted by molar-refractivity contribution is 6.31. The molecule has 0 spiro atoms. The minimum atomic E-state index is -0.585. The van der Waals surface area contributed by atoms with Gasteiger partial charge in [-0.15, -0.1) is 12.4 Å². The standard InChI is InChI=1S/C20H32ClNO.ClH/c1-12(2)17(11-23)20(6,22)13-7-8-14(18(21)9-13)15-10-16(15)19(3,4)5;/h7-9,12,15-17,23H,10-11,22H2,1-6H3;1H/t15-,16+,17+,20?;/m0./s1. The summed E-state index contributed by atoms with van der Waals surface area (Å²) in [5, 5.41) is 10.5. The van der Waals surface area contributed by atoms with Crippen molar-refractivity contribution in [2.45, 2.75) is 59.4 Å². The highest BCUT2D eigenvalue weighted by Crippen LogP contribution is 2.58. The first-order valence-electron chi connectivity index (χ1n) is 8.69. The van der Waals surface area contributed by atoms with Crippen molar-refractivity contribution in [2.75, 3.05) is 6.61 Å². The Labute approximate surface area is 158 Å². The lowest BCUT2D eigenvalue weighted by molar-refractivity contribution is 0.120. The van der Waals surface area contributed by atoms with Crippen molar-refractivity contribution in [1.82, 2.24) is 0 Å². The van der Waals surface area contributed by atoms with Crippen LogP contribution in [0.3, 0.4) is 0 Å². The zero-order valence-corrected chi connectivity index (χ0v) is 17.3. The molecule has 0 aromatic heterocycles. The number of halogens is 2. The van der Waals surface area contributed by atoms with Gasteiger partial charge in [0.1, 0.15) is 0 Å². The van der Waals surface area contributed by atoms with E-state index >= 15 is 0 Å². The first-order chi connectivity index (χ1) is 10.5.